The van der Waals surface area contributed by atoms with Crippen LogP contribution < -0.4 is 0 Å². The van der Waals surface area contributed by atoms with E-state index in [-0.39, 0.29) is 18.3 Å². The van der Waals surface area contributed by atoms with Gasteiger partial charge >= 0.3 is 0 Å². The smallest absolute Gasteiger partial charge is 0.123 e. The van der Waals surface area contributed by atoms with Crippen molar-refractivity contribution in [3.63, 3.8) is 0 Å². The third-order valence-electron chi connectivity index (χ3n) is 5.96. The molecule has 3 nitrogen and oxygen atoms in total. The largest absolute Gasteiger partial charge is 0.380 e. The first-order valence-corrected chi connectivity index (χ1v) is 10.4. The summed E-state index contributed by atoms with van der Waals surface area (Å²) in [5, 5.41) is 12.4. The van der Waals surface area contributed by atoms with E-state index >= 15 is 0 Å². The molecule has 2 unspecified atom stereocenters. The van der Waals surface area contributed by atoms with Crippen LogP contribution in [0.4, 0.5) is 0 Å². The van der Waals surface area contributed by atoms with Crippen molar-refractivity contribution in [3.05, 3.63) is 107 Å². The Morgan fingerprint density at radius 2 is 1.37 bits per heavy atom. The summed E-state index contributed by atoms with van der Waals surface area (Å²) >= 11 is 0. The van der Waals surface area contributed by atoms with Crippen LogP contribution in [0.15, 0.2) is 84.9 Å². The first kappa shape index (κ1) is 22.5. The highest BCUT2D eigenvalue weighted by Crippen LogP contribution is 2.43. The molecule has 1 fully saturated rings. The van der Waals surface area contributed by atoms with Crippen LogP contribution in [0.3, 0.4) is 0 Å². The lowest BCUT2D eigenvalue weighted by molar-refractivity contribution is 0.000764. The highest BCUT2D eigenvalue weighted by Gasteiger charge is 2.42. The molecule has 1 N–H and O–H groups in total. The van der Waals surface area contributed by atoms with E-state index in [4.69, 9.17) is 4.74 Å². The minimum atomic E-state index is -1.13. The number of nitrogens with zero attached hydrogens (tertiary/aromatic N) is 1. The quantitative estimate of drug-likeness (QED) is 0.620. The van der Waals surface area contributed by atoms with Gasteiger partial charge in [0.15, 0.2) is 0 Å². The van der Waals surface area contributed by atoms with Gasteiger partial charge in [-0.15, -0.1) is 12.4 Å². The van der Waals surface area contributed by atoms with E-state index in [9.17, 15) is 5.11 Å². The van der Waals surface area contributed by atoms with Crippen LogP contribution in [0.5, 0.6) is 0 Å². The Morgan fingerprint density at radius 1 is 0.833 bits per heavy atom. The van der Waals surface area contributed by atoms with E-state index in [1.165, 1.54) is 5.56 Å². The van der Waals surface area contributed by atoms with Gasteiger partial charge in [-0.3, -0.25) is 4.90 Å². The van der Waals surface area contributed by atoms with Gasteiger partial charge in [-0.1, -0.05) is 90.5 Å². The molecule has 0 amide bonds. The molecule has 3 aromatic carbocycles. The SMILES string of the molecule is Cc1ccc(C(O)(c2ccccc2)C(CN2CCOCC2)c2ccccc2)cc1.Cl. The summed E-state index contributed by atoms with van der Waals surface area (Å²) in [6.07, 6.45) is 0. The fourth-order valence-corrected chi connectivity index (χ4v) is 4.27. The number of ether oxygens (including phenoxy) is 1. The summed E-state index contributed by atoms with van der Waals surface area (Å²) in [5.74, 6) is -0.105. The Bertz CT molecular complexity index is 895. The van der Waals surface area contributed by atoms with Crippen molar-refractivity contribution in [1.82, 2.24) is 4.90 Å². The van der Waals surface area contributed by atoms with Crippen LogP contribution in [0.2, 0.25) is 0 Å². The van der Waals surface area contributed by atoms with E-state index < -0.39 is 5.60 Å². The molecular formula is C26H30ClNO2. The number of rotatable bonds is 6. The van der Waals surface area contributed by atoms with Crippen LogP contribution in [0.25, 0.3) is 0 Å². The van der Waals surface area contributed by atoms with E-state index in [1.807, 2.05) is 36.4 Å². The molecule has 30 heavy (non-hydrogen) atoms. The maximum absolute atomic E-state index is 12.4. The van der Waals surface area contributed by atoms with E-state index in [2.05, 4.69) is 60.4 Å². The summed E-state index contributed by atoms with van der Waals surface area (Å²) in [7, 11) is 0. The molecular weight excluding hydrogens is 394 g/mol. The predicted octanol–water partition coefficient (Wildman–Crippen LogP) is 4.77. The van der Waals surface area contributed by atoms with E-state index in [0.717, 1.165) is 49.5 Å². The molecule has 0 saturated carbocycles. The van der Waals surface area contributed by atoms with Gasteiger partial charge in [0.2, 0.25) is 0 Å². The molecule has 4 rings (SSSR count). The van der Waals surface area contributed by atoms with Crippen molar-refractivity contribution >= 4 is 12.4 Å². The van der Waals surface area contributed by atoms with Gasteiger partial charge in [-0.25, -0.2) is 0 Å². The molecule has 4 heteroatoms. The van der Waals surface area contributed by atoms with Gasteiger partial charge in [0.05, 0.1) is 13.2 Å². The summed E-state index contributed by atoms with van der Waals surface area (Å²) in [6.45, 7) is 6.12. The molecule has 1 saturated heterocycles. The van der Waals surface area contributed by atoms with Gasteiger partial charge in [-0.2, -0.15) is 0 Å². The highest BCUT2D eigenvalue weighted by atomic mass is 35.5. The minimum absolute atomic E-state index is 0. The van der Waals surface area contributed by atoms with Gasteiger partial charge in [0.1, 0.15) is 5.60 Å². The third kappa shape index (κ3) is 4.76. The molecule has 0 spiro atoms. The van der Waals surface area contributed by atoms with Gasteiger partial charge in [-0.05, 0) is 23.6 Å². The van der Waals surface area contributed by atoms with Crippen LogP contribution in [0, 0.1) is 6.92 Å². The van der Waals surface area contributed by atoms with Crippen molar-refractivity contribution in [2.45, 2.75) is 18.4 Å². The molecule has 1 aliphatic heterocycles. The molecule has 158 valence electrons. The van der Waals surface area contributed by atoms with Crippen LogP contribution >= 0.6 is 12.4 Å². The summed E-state index contributed by atoms with van der Waals surface area (Å²) < 4.78 is 5.55. The third-order valence-corrected chi connectivity index (χ3v) is 5.96. The predicted molar refractivity (Wildman–Crippen MR) is 124 cm³/mol. The second-order valence-corrected chi connectivity index (χ2v) is 7.87. The second kappa shape index (κ2) is 10.2. The standard InChI is InChI=1S/C26H29NO2.ClH/c1-21-12-14-24(15-13-21)26(28,23-10-6-3-7-11-23)25(22-8-4-2-5-9-22)20-27-16-18-29-19-17-27;/h2-15,25,28H,16-20H2,1H3;1H. The Morgan fingerprint density at radius 3 is 1.97 bits per heavy atom. The minimum Gasteiger partial charge on any atom is -0.380 e. The number of benzene rings is 3. The Hall–Kier alpha value is -2.17. The fraction of sp³-hybridized carbons (Fsp3) is 0.308. The first-order valence-electron chi connectivity index (χ1n) is 10.4. The molecule has 2 atom stereocenters. The number of hydrogen-bond acceptors (Lipinski definition) is 3. The summed E-state index contributed by atoms with van der Waals surface area (Å²) in [4.78, 5) is 2.41. The van der Waals surface area contributed by atoms with Gasteiger partial charge in [0.25, 0.3) is 0 Å². The monoisotopic (exact) mass is 423 g/mol. The zero-order valence-corrected chi connectivity index (χ0v) is 18.2. The molecule has 3 aromatic rings. The average molecular weight is 424 g/mol. The van der Waals surface area contributed by atoms with E-state index in [1.54, 1.807) is 0 Å². The molecule has 1 aliphatic rings. The van der Waals surface area contributed by atoms with Crippen LogP contribution in [0.1, 0.15) is 28.2 Å². The molecule has 0 aliphatic carbocycles. The Kier molecular flexibility index (Phi) is 7.68. The summed E-state index contributed by atoms with van der Waals surface area (Å²) in [5.41, 5.74) is 3.05. The van der Waals surface area contributed by atoms with Gasteiger partial charge in [0, 0.05) is 25.6 Å². The highest BCUT2D eigenvalue weighted by molar-refractivity contribution is 5.85. The molecule has 0 bridgehead atoms. The zero-order chi connectivity index (χ0) is 20.1. The number of aliphatic hydroxyl groups is 1. The maximum Gasteiger partial charge on any atom is 0.123 e. The normalized spacial score (nSPS) is 17.5. The molecule has 0 aromatic heterocycles. The number of aryl methyl sites for hydroxylation is 1. The average Bonchev–Trinajstić information content (AvgIpc) is 2.79. The molecule has 0 radical (unpaired) electrons. The number of halogens is 1. The lowest BCUT2D eigenvalue weighted by atomic mass is 9.72. The van der Waals surface area contributed by atoms with Crippen LogP contribution in [-0.4, -0.2) is 42.9 Å². The number of hydrogen-bond donors (Lipinski definition) is 1. The van der Waals surface area contributed by atoms with Crippen molar-refractivity contribution in [2.75, 3.05) is 32.8 Å². The van der Waals surface area contributed by atoms with Crippen molar-refractivity contribution in [3.8, 4) is 0 Å². The van der Waals surface area contributed by atoms with Crippen molar-refractivity contribution in [1.29, 1.82) is 0 Å². The first-order chi connectivity index (χ1) is 14.2. The number of morpholine rings is 1. The Balaban J connectivity index is 0.00000256. The second-order valence-electron chi connectivity index (χ2n) is 7.87. The van der Waals surface area contributed by atoms with Crippen molar-refractivity contribution in [2.24, 2.45) is 0 Å². The van der Waals surface area contributed by atoms with E-state index in [0.29, 0.717) is 0 Å². The maximum atomic E-state index is 12.4. The lowest BCUT2D eigenvalue weighted by Crippen LogP contribution is -2.45. The molecule has 1 heterocycles. The van der Waals surface area contributed by atoms with Crippen LogP contribution in [-0.2, 0) is 10.3 Å². The topological polar surface area (TPSA) is 32.7 Å². The Labute approximate surface area is 185 Å². The van der Waals surface area contributed by atoms with Crippen molar-refractivity contribution < 1.29 is 9.84 Å². The fourth-order valence-electron chi connectivity index (χ4n) is 4.27. The van der Waals surface area contributed by atoms with Gasteiger partial charge < -0.3 is 9.84 Å². The zero-order valence-electron chi connectivity index (χ0n) is 17.4. The lowest BCUT2D eigenvalue weighted by Gasteiger charge is -2.41. The summed E-state index contributed by atoms with van der Waals surface area (Å²) in [6, 6.07) is 28.8.